The first kappa shape index (κ1) is 9.43. The molecule has 0 N–H and O–H groups in total. The van der Waals surface area contributed by atoms with Crippen LogP contribution in [0.5, 0.6) is 0 Å². The standard InChI is InChI=1S/C10H11NO2S/c1-13-7-6-11-8-4-2-3-5-9(8)14-10(11)12/h2-5H,6-7H2,1H3. The Bertz CT molecular complexity index is 486. The van der Waals surface area contributed by atoms with Crippen molar-refractivity contribution in [1.29, 1.82) is 0 Å². The number of fused-ring (bicyclic) bond motifs is 1. The lowest BCUT2D eigenvalue weighted by atomic mass is 10.3. The largest absolute Gasteiger partial charge is 0.383 e. The van der Waals surface area contributed by atoms with Gasteiger partial charge in [-0.15, -0.1) is 0 Å². The van der Waals surface area contributed by atoms with Crippen molar-refractivity contribution in [2.45, 2.75) is 6.54 Å². The number of rotatable bonds is 3. The Morgan fingerprint density at radius 2 is 2.21 bits per heavy atom. The van der Waals surface area contributed by atoms with Gasteiger partial charge in [0.25, 0.3) is 0 Å². The number of thiazole rings is 1. The molecule has 0 bridgehead atoms. The van der Waals surface area contributed by atoms with E-state index in [1.807, 2.05) is 24.3 Å². The summed E-state index contributed by atoms with van der Waals surface area (Å²) in [7, 11) is 1.64. The molecule has 2 aromatic rings. The van der Waals surface area contributed by atoms with Gasteiger partial charge in [0.05, 0.1) is 23.4 Å². The predicted molar refractivity (Wildman–Crippen MR) is 58.0 cm³/mol. The van der Waals surface area contributed by atoms with Crippen LogP contribution in [0.3, 0.4) is 0 Å². The summed E-state index contributed by atoms with van der Waals surface area (Å²) in [6.07, 6.45) is 0. The summed E-state index contributed by atoms with van der Waals surface area (Å²) in [6.45, 7) is 1.19. The van der Waals surface area contributed by atoms with Gasteiger partial charge in [-0.1, -0.05) is 23.5 Å². The van der Waals surface area contributed by atoms with Crippen LogP contribution < -0.4 is 4.87 Å². The highest BCUT2D eigenvalue weighted by atomic mass is 32.1. The van der Waals surface area contributed by atoms with Gasteiger partial charge in [-0.2, -0.15) is 0 Å². The van der Waals surface area contributed by atoms with Gasteiger partial charge in [-0.05, 0) is 12.1 Å². The second-order valence-electron chi connectivity index (χ2n) is 2.98. The number of para-hydroxylation sites is 1. The first-order valence-electron chi connectivity index (χ1n) is 4.40. The number of hydrogen-bond donors (Lipinski definition) is 0. The van der Waals surface area contributed by atoms with Crippen molar-refractivity contribution in [2.75, 3.05) is 13.7 Å². The molecule has 0 aliphatic rings. The zero-order valence-electron chi connectivity index (χ0n) is 7.90. The molecule has 4 heteroatoms. The number of nitrogens with zero attached hydrogens (tertiary/aromatic N) is 1. The zero-order chi connectivity index (χ0) is 9.97. The fourth-order valence-electron chi connectivity index (χ4n) is 1.41. The third-order valence-corrected chi connectivity index (χ3v) is 3.05. The third-order valence-electron chi connectivity index (χ3n) is 2.09. The summed E-state index contributed by atoms with van der Waals surface area (Å²) in [5, 5.41) is 0. The van der Waals surface area contributed by atoms with Crippen LogP contribution in [-0.4, -0.2) is 18.3 Å². The smallest absolute Gasteiger partial charge is 0.308 e. The van der Waals surface area contributed by atoms with E-state index in [4.69, 9.17) is 4.74 Å². The summed E-state index contributed by atoms with van der Waals surface area (Å²) in [4.78, 5) is 11.7. The molecule has 14 heavy (non-hydrogen) atoms. The topological polar surface area (TPSA) is 31.2 Å². The van der Waals surface area contributed by atoms with Gasteiger partial charge < -0.3 is 4.74 Å². The van der Waals surface area contributed by atoms with E-state index >= 15 is 0 Å². The van der Waals surface area contributed by atoms with Crippen molar-refractivity contribution in [2.24, 2.45) is 0 Å². The molecule has 0 fully saturated rings. The molecule has 0 aliphatic carbocycles. The lowest BCUT2D eigenvalue weighted by Crippen LogP contribution is -2.15. The van der Waals surface area contributed by atoms with Crippen LogP contribution in [0.4, 0.5) is 0 Å². The molecule has 74 valence electrons. The maximum atomic E-state index is 11.6. The van der Waals surface area contributed by atoms with Gasteiger partial charge in [0, 0.05) is 7.11 Å². The number of benzene rings is 1. The quantitative estimate of drug-likeness (QED) is 0.770. The van der Waals surface area contributed by atoms with E-state index in [1.54, 1.807) is 11.7 Å². The summed E-state index contributed by atoms with van der Waals surface area (Å²) >= 11 is 1.28. The maximum absolute atomic E-state index is 11.6. The van der Waals surface area contributed by atoms with Crippen LogP contribution >= 0.6 is 11.3 Å². The predicted octanol–water partition coefficient (Wildman–Crippen LogP) is 1.71. The van der Waals surface area contributed by atoms with Crippen LogP contribution in [0.15, 0.2) is 29.1 Å². The molecule has 0 amide bonds. The number of aromatic nitrogens is 1. The average Bonchev–Trinajstić information content (AvgIpc) is 2.51. The Kier molecular flexibility index (Phi) is 2.65. The summed E-state index contributed by atoms with van der Waals surface area (Å²) < 4.78 is 7.75. The first-order valence-corrected chi connectivity index (χ1v) is 5.22. The fourth-order valence-corrected chi connectivity index (χ4v) is 2.33. The highest BCUT2D eigenvalue weighted by Crippen LogP contribution is 2.15. The van der Waals surface area contributed by atoms with Crippen LogP contribution in [0.1, 0.15) is 0 Å². The summed E-state index contributed by atoms with van der Waals surface area (Å²) in [6, 6.07) is 7.81. The maximum Gasteiger partial charge on any atom is 0.308 e. The summed E-state index contributed by atoms with van der Waals surface area (Å²) in [5.74, 6) is 0. The molecule has 0 spiro atoms. The number of methoxy groups -OCH3 is 1. The lowest BCUT2D eigenvalue weighted by Gasteiger charge is -2.01. The van der Waals surface area contributed by atoms with Crippen molar-refractivity contribution in [3.8, 4) is 0 Å². The Labute approximate surface area is 85.6 Å². The molecule has 0 aliphatic heterocycles. The van der Waals surface area contributed by atoms with Gasteiger partial charge in [-0.25, -0.2) is 0 Å². The van der Waals surface area contributed by atoms with E-state index in [2.05, 4.69) is 0 Å². The third kappa shape index (κ3) is 1.58. The Balaban J connectivity index is 2.51. The van der Waals surface area contributed by atoms with E-state index < -0.39 is 0 Å². The summed E-state index contributed by atoms with van der Waals surface area (Å²) in [5.41, 5.74) is 1.000. The Morgan fingerprint density at radius 1 is 1.43 bits per heavy atom. The SMILES string of the molecule is COCCn1c(=O)sc2ccccc21. The minimum atomic E-state index is 0.0863. The molecule has 0 atom stereocenters. The van der Waals surface area contributed by atoms with Crippen LogP contribution in [0.2, 0.25) is 0 Å². The fraction of sp³-hybridized carbons (Fsp3) is 0.300. The number of ether oxygens (including phenoxy) is 1. The van der Waals surface area contributed by atoms with Crippen molar-refractivity contribution in [1.82, 2.24) is 4.57 Å². The van der Waals surface area contributed by atoms with E-state index in [0.717, 1.165) is 10.2 Å². The first-order chi connectivity index (χ1) is 6.83. The Morgan fingerprint density at radius 3 is 3.00 bits per heavy atom. The van der Waals surface area contributed by atoms with E-state index in [9.17, 15) is 4.79 Å². The lowest BCUT2D eigenvalue weighted by molar-refractivity contribution is 0.188. The molecule has 0 saturated heterocycles. The van der Waals surface area contributed by atoms with Crippen molar-refractivity contribution in [3.05, 3.63) is 33.9 Å². The highest BCUT2D eigenvalue weighted by molar-refractivity contribution is 7.16. The minimum absolute atomic E-state index is 0.0863. The van der Waals surface area contributed by atoms with Crippen LogP contribution in [0.25, 0.3) is 10.2 Å². The van der Waals surface area contributed by atoms with Crippen molar-refractivity contribution < 1.29 is 4.74 Å². The molecule has 1 heterocycles. The molecule has 1 aromatic carbocycles. The van der Waals surface area contributed by atoms with E-state index in [-0.39, 0.29) is 4.87 Å². The molecule has 3 nitrogen and oxygen atoms in total. The van der Waals surface area contributed by atoms with Gasteiger partial charge in [0.1, 0.15) is 0 Å². The van der Waals surface area contributed by atoms with E-state index in [0.29, 0.717) is 13.2 Å². The van der Waals surface area contributed by atoms with Crippen LogP contribution in [-0.2, 0) is 11.3 Å². The van der Waals surface area contributed by atoms with Crippen molar-refractivity contribution in [3.63, 3.8) is 0 Å². The van der Waals surface area contributed by atoms with Gasteiger partial charge in [0.15, 0.2) is 0 Å². The van der Waals surface area contributed by atoms with E-state index in [1.165, 1.54) is 11.3 Å². The Hall–Kier alpha value is -1.13. The minimum Gasteiger partial charge on any atom is -0.383 e. The molecule has 0 unspecified atom stereocenters. The molecular weight excluding hydrogens is 198 g/mol. The molecule has 1 aromatic heterocycles. The van der Waals surface area contributed by atoms with Gasteiger partial charge >= 0.3 is 4.87 Å². The average molecular weight is 209 g/mol. The highest BCUT2D eigenvalue weighted by Gasteiger charge is 2.05. The monoisotopic (exact) mass is 209 g/mol. The second-order valence-corrected chi connectivity index (χ2v) is 3.97. The molecule has 2 rings (SSSR count). The van der Waals surface area contributed by atoms with Crippen LogP contribution in [0, 0.1) is 0 Å². The number of hydrogen-bond acceptors (Lipinski definition) is 3. The van der Waals surface area contributed by atoms with Crippen molar-refractivity contribution >= 4 is 21.6 Å². The molecule has 0 saturated carbocycles. The van der Waals surface area contributed by atoms with Gasteiger partial charge in [-0.3, -0.25) is 9.36 Å². The zero-order valence-corrected chi connectivity index (χ0v) is 8.71. The van der Waals surface area contributed by atoms with Gasteiger partial charge in [0.2, 0.25) is 0 Å². The molecular formula is C10H11NO2S. The molecule has 0 radical (unpaired) electrons. The normalized spacial score (nSPS) is 10.9. The second kappa shape index (κ2) is 3.94.